The second-order valence-electron chi connectivity index (χ2n) is 10.3. The van der Waals surface area contributed by atoms with Crippen LogP contribution in [0.2, 0.25) is 0 Å². The van der Waals surface area contributed by atoms with Crippen LogP contribution in [0.3, 0.4) is 0 Å². The quantitative estimate of drug-likeness (QED) is 0.397. The van der Waals surface area contributed by atoms with Gasteiger partial charge in [-0.2, -0.15) is 0 Å². The Morgan fingerprint density at radius 2 is 1.82 bits per heavy atom. The zero-order chi connectivity index (χ0) is 22.6. The molecule has 1 saturated heterocycles. The highest BCUT2D eigenvalue weighted by molar-refractivity contribution is 5.85. The maximum absolute atomic E-state index is 5.95. The molecule has 2 fully saturated rings. The first-order valence-corrected chi connectivity index (χ1v) is 12.6. The number of benzene rings is 2. The van der Waals surface area contributed by atoms with Gasteiger partial charge in [-0.1, -0.05) is 53.7 Å². The minimum Gasteiger partial charge on any atom is -0.356 e. The van der Waals surface area contributed by atoms with Crippen LogP contribution in [0.5, 0.6) is 0 Å². The predicted octanol–water partition coefficient (Wildman–Crippen LogP) is 6.16. The Balaban J connectivity index is 1.21. The number of allylic oxidation sites excluding steroid dienone is 1. The molecule has 1 saturated carbocycles. The number of piperidine rings is 1. The highest BCUT2D eigenvalue weighted by Crippen LogP contribution is 2.33. The normalized spacial score (nSPS) is 18.2. The van der Waals surface area contributed by atoms with Gasteiger partial charge in [0.2, 0.25) is 0 Å². The van der Waals surface area contributed by atoms with E-state index in [1.165, 1.54) is 67.3 Å². The van der Waals surface area contributed by atoms with Crippen LogP contribution in [0.25, 0.3) is 17.0 Å². The van der Waals surface area contributed by atoms with Crippen molar-refractivity contribution in [3.63, 3.8) is 0 Å². The molecule has 1 aliphatic carbocycles. The smallest absolute Gasteiger partial charge is 0.172 e. The third-order valence-electron chi connectivity index (χ3n) is 7.24. The molecular formula is C29H37N3O. The number of hydrogen-bond acceptors (Lipinski definition) is 4. The van der Waals surface area contributed by atoms with E-state index in [0.29, 0.717) is 0 Å². The van der Waals surface area contributed by atoms with Gasteiger partial charge in [-0.3, -0.25) is 4.90 Å². The maximum Gasteiger partial charge on any atom is 0.172 e. The highest BCUT2D eigenvalue weighted by atomic mass is 16.5. The Bertz CT molecular complexity index is 1070. The third-order valence-corrected chi connectivity index (χ3v) is 7.24. The molecule has 2 aliphatic rings. The maximum atomic E-state index is 5.95. The van der Waals surface area contributed by atoms with Crippen molar-refractivity contribution >= 4 is 17.0 Å². The molecule has 1 aliphatic heterocycles. The second-order valence-corrected chi connectivity index (χ2v) is 10.3. The molecule has 5 rings (SSSR count). The number of nitrogens with zero attached hydrogens (tertiary/aromatic N) is 3. The monoisotopic (exact) mass is 443 g/mol. The fourth-order valence-electron chi connectivity index (χ4n) is 5.08. The summed E-state index contributed by atoms with van der Waals surface area (Å²) in [4.78, 5) is 4.82. The van der Waals surface area contributed by atoms with Crippen molar-refractivity contribution in [3.8, 4) is 0 Å². The lowest BCUT2D eigenvalue weighted by Crippen LogP contribution is -2.33. The van der Waals surface area contributed by atoms with Crippen LogP contribution >= 0.6 is 0 Å². The number of aryl methyl sites for hydroxylation is 1. The van der Waals surface area contributed by atoms with Crippen molar-refractivity contribution in [2.75, 3.05) is 27.2 Å². The molecule has 2 heterocycles. The van der Waals surface area contributed by atoms with Gasteiger partial charge in [0.25, 0.3) is 0 Å². The molecule has 0 spiro atoms. The van der Waals surface area contributed by atoms with E-state index in [1.54, 1.807) is 0 Å². The van der Waals surface area contributed by atoms with Gasteiger partial charge in [-0.25, -0.2) is 0 Å². The second kappa shape index (κ2) is 10.2. The molecule has 0 amide bonds. The van der Waals surface area contributed by atoms with Gasteiger partial charge in [0.05, 0.1) is 5.69 Å². The van der Waals surface area contributed by atoms with Crippen molar-refractivity contribution in [1.82, 2.24) is 15.0 Å². The summed E-state index contributed by atoms with van der Waals surface area (Å²) in [6, 6.07) is 15.3. The molecule has 4 heteroatoms. The summed E-state index contributed by atoms with van der Waals surface area (Å²) in [5.74, 6) is 1.56. The van der Waals surface area contributed by atoms with Gasteiger partial charge in [0.1, 0.15) is 0 Å². The summed E-state index contributed by atoms with van der Waals surface area (Å²) in [6.45, 7) is 4.34. The van der Waals surface area contributed by atoms with Gasteiger partial charge in [0.15, 0.2) is 5.58 Å². The first kappa shape index (κ1) is 22.4. The summed E-state index contributed by atoms with van der Waals surface area (Å²) in [7, 11) is 4.24. The molecule has 1 aromatic heterocycles. The van der Waals surface area contributed by atoms with Crippen molar-refractivity contribution < 1.29 is 4.52 Å². The molecule has 174 valence electrons. The Hall–Kier alpha value is -2.43. The van der Waals surface area contributed by atoms with E-state index in [4.69, 9.17) is 4.52 Å². The molecule has 0 unspecified atom stereocenters. The molecule has 3 aromatic rings. The number of fused-ring (bicyclic) bond motifs is 1. The fraction of sp³-hybridized carbons (Fsp3) is 0.483. The standard InChI is InChI=1S/C29H37N3O/c1-31(2)21-27-25(12-10-22-8-9-22)13-14-26-28(30-33-29(26)27)15-11-23-16-18-32(19-17-23)20-24-6-4-3-5-7-24/h3-7,10,12-14,22-23H,8-9,11,15-21H2,1-2H3. The lowest BCUT2D eigenvalue weighted by atomic mass is 9.90. The predicted molar refractivity (Wildman–Crippen MR) is 136 cm³/mol. The first-order chi connectivity index (χ1) is 16.2. The third kappa shape index (κ3) is 5.74. The van der Waals surface area contributed by atoms with Crippen molar-refractivity contribution in [3.05, 3.63) is 70.9 Å². The molecular weight excluding hydrogens is 406 g/mol. The van der Waals surface area contributed by atoms with Crippen LogP contribution in [-0.2, 0) is 19.5 Å². The van der Waals surface area contributed by atoms with Crippen LogP contribution in [0.4, 0.5) is 0 Å². The van der Waals surface area contributed by atoms with Gasteiger partial charge in [-0.15, -0.1) is 0 Å². The first-order valence-electron chi connectivity index (χ1n) is 12.6. The van der Waals surface area contributed by atoms with Crippen LogP contribution < -0.4 is 0 Å². The van der Waals surface area contributed by atoms with Crippen molar-refractivity contribution in [2.45, 2.75) is 51.6 Å². The van der Waals surface area contributed by atoms with Crippen LogP contribution in [0, 0.1) is 11.8 Å². The van der Waals surface area contributed by atoms with Gasteiger partial charge in [0, 0.05) is 24.0 Å². The summed E-state index contributed by atoms with van der Waals surface area (Å²) in [6.07, 6.45) is 12.1. The van der Waals surface area contributed by atoms with E-state index in [9.17, 15) is 0 Å². The molecule has 33 heavy (non-hydrogen) atoms. The van der Waals surface area contributed by atoms with Crippen LogP contribution in [-0.4, -0.2) is 42.1 Å². The topological polar surface area (TPSA) is 32.5 Å². The van der Waals surface area contributed by atoms with Gasteiger partial charge in [-0.05, 0) is 94.7 Å². The number of likely N-dealkylation sites (tertiary alicyclic amines) is 1. The summed E-state index contributed by atoms with van der Waals surface area (Å²) < 4.78 is 5.95. The average molecular weight is 444 g/mol. The zero-order valence-corrected chi connectivity index (χ0v) is 20.2. The van der Waals surface area contributed by atoms with Crippen LogP contribution in [0.15, 0.2) is 53.1 Å². The van der Waals surface area contributed by atoms with E-state index in [1.807, 2.05) is 0 Å². The summed E-state index contributed by atoms with van der Waals surface area (Å²) in [5.41, 5.74) is 6.08. The minimum absolute atomic E-state index is 0.775. The molecule has 0 N–H and O–H groups in total. The number of rotatable bonds is 9. The lowest BCUT2D eigenvalue weighted by molar-refractivity contribution is 0.172. The van der Waals surface area contributed by atoms with Crippen molar-refractivity contribution in [2.24, 2.45) is 11.8 Å². The molecule has 0 radical (unpaired) electrons. The van der Waals surface area contributed by atoms with E-state index in [0.717, 1.165) is 42.6 Å². The largest absolute Gasteiger partial charge is 0.356 e. The van der Waals surface area contributed by atoms with E-state index >= 15 is 0 Å². The Kier molecular flexibility index (Phi) is 6.93. The minimum atomic E-state index is 0.775. The Labute approximate surface area is 198 Å². The molecule has 2 aromatic carbocycles. The van der Waals surface area contributed by atoms with E-state index < -0.39 is 0 Å². The van der Waals surface area contributed by atoms with Gasteiger partial charge >= 0.3 is 0 Å². The van der Waals surface area contributed by atoms with Crippen LogP contribution in [0.1, 0.15) is 54.5 Å². The summed E-state index contributed by atoms with van der Waals surface area (Å²) >= 11 is 0. The number of hydrogen-bond donors (Lipinski definition) is 0. The fourth-order valence-corrected chi connectivity index (χ4v) is 5.08. The Morgan fingerprint density at radius 3 is 2.55 bits per heavy atom. The number of aromatic nitrogens is 1. The van der Waals surface area contributed by atoms with E-state index in [2.05, 4.69) is 83.7 Å². The summed E-state index contributed by atoms with van der Waals surface area (Å²) in [5, 5.41) is 5.74. The molecule has 0 atom stereocenters. The SMILES string of the molecule is CN(C)Cc1c(C=CC2CC2)ccc2c(CCC3CCN(Cc4ccccc4)CC3)noc12. The Morgan fingerprint density at radius 1 is 1.03 bits per heavy atom. The lowest BCUT2D eigenvalue weighted by Gasteiger charge is -2.31. The molecule has 4 nitrogen and oxygen atoms in total. The highest BCUT2D eigenvalue weighted by Gasteiger charge is 2.22. The van der Waals surface area contributed by atoms with E-state index in [-0.39, 0.29) is 0 Å². The average Bonchev–Trinajstić information content (AvgIpc) is 3.56. The van der Waals surface area contributed by atoms with Crippen molar-refractivity contribution in [1.29, 1.82) is 0 Å². The zero-order valence-electron chi connectivity index (χ0n) is 20.2. The van der Waals surface area contributed by atoms with Gasteiger partial charge < -0.3 is 9.42 Å². The molecule has 0 bridgehead atoms.